The number of aromatic amines is 3. The van der Waals surface area contributed by atoms with Crippen molar-refractivity contribution in [2.24, 2.45) is 0 Å². The second-order valence-corrected chi connectivity index (χ2v) is 20.8. The Kier molecular flexibility index (Phi) is 15.8. The number of carbonyl (C=O) groups excluding carboxylic acids is 1. The molecule has 3 saturated heterocycles. The highest BCUT2D eigenvalue weighted by molar-refractivity contribution is 5.74. The van der Waals surface area contributed by atoms with Crippen LogP contribution in [0.5, 0.6) is 0 Å². The highest BCUT2D eigenvalue weighted by Crippen LogP contribution is 2.35. The van der Waals surface area contributed by atoms with Crippen LogP contribution in [0.3, 0.4) is 0 Å². The van der Waals surface area contributed by atoms with Crippen LogP contribution >= 0.6 is 0 Å². The Morgan fingerprint density at radius 3 is 1.53 bits per heavy atom. The van der Waals surface area contributed by atoms with Crippen molar-refractivity contribution in [2.75, 3.05) is 39.3 Å². The van der Waals surface area contributed by atoms with Gasteiger partial charge in [-0.2, -0.15) is 20.6 Å². The van der Waals surface area contributed by atoms with Crippen molar-refractivity contribution in [3.05, 3.63) is 199 Å². The number of aromatic nitrogens is 6. The molecule has 3 aliphatic heterocycles. The van der Waals surface area contributed by atoms with E-state index in [1.165, 1.54) is 11.1 Å². The first-order valence-electron chi connectivity index (χ1n) is 26.3. The van der Waals surface area contributed by atoms with E-state index in [0.29, 0.717) is 49.0 Å². The molecule has 4 N–H and O–H groups in total. The molecule has 9 aromatic rings. The van der Waals surface area contributed by atoms with Crippen LogP contribution in [0.25, 0.3) is 67.2 Å². The Bertz CT molecular complexity index is 3450. The summed E-state index contributed by atoms with van der Waals surface area (Å²) in [6, 6.07) is 56.6. The molecule has 3 unspecified atom stereocenters. The number of hydrogen-bond donors (Lipinski definition) is 4. The maximum atomic E-state index is 14.9. The van der Waals surface area contributed by atoms with Crippen LogP contribution in [-0.4, -0.2) is 91.4 Å². The summed E-state index contributed by atoms with van der Waals surface area (Å²) in [5.74, 6) is -0.105. The Balaban J connectivity index is 0.000000132. The van der Waals surface area contributed by atoms with E-state index in [1.807, 2.05) is 136 Å². The van der Waals surface area contributed by atoms with E-state index in [-0.39, 0.29) is 35.5 Å². The number of nitriles is 1. The lowest BCUT2D eigenvalue weighted by Crippen LogP contribution is -2.35. The molecule has 3 aromatic heterocycles. The summed E-state index contributed by atoms with van der Waals surface area (Å²) in [6.45, 7) is 9.98. The first-order valence-corrected chi connectivity index (χ1v) is 26.3. The van der Waals surface area contributed by atoms with Crippen molar-refractivity contribution in [2.45, 2.75) is 63.4 Å². The van der Waals surface area contributed by atoms with Gasteiger partial charge in [0.2, 0.25) is 0 Å². The molecule has 3 fully saturated rings. The van der Waals surface area contributed by atoms with Crippen LogP contribution in [0.2, 0.25) is 0 Å². The second-order valence-electron chi connectivity index (χ2n) is 20.8. The monoisotopic (exact) mass is 1030 g/mol. The highest BCUT2D eigenvalue weighted by Gasteiger charge is 2.32. The van der Waals surface area contributed by atoms with Gasteiger partial charge in [0.05, 0.1) is 17.1 Å². The molecule has 3 aliphatic rings. The topological polar surface area (TPSA) is 155 Å². The minimum atomic E-state index is -0.472. The average Bonchev–Trinajstić information content (AvgIpc) is 4.37. The lowest BCUT2D eigenvalue weighted by atomic mass is 10.00. The molecule has 0 bridgehead atoms. The maximum Gasteiger partial charge on any atom is 0.410 e. The van der Waals surface area contributed by atoms with Gasteiger partial charge in [0, 0.05) is 72.9 Å². The van der Waals surface area contributed by atoms with Gasteiger partial charge in [0.1, 0.15) is 17.0 Å². The molecule has 3 atom stereocenters. The standard InChI is InChI=1S/C24H27N3O2.C20H17FN4.C19H18FN3/c1-24(2,3)29-23(28)27-13-12-20(16-27)22-15-21(25-26-22)19-11-7-10-18(14-19)17-8-5-4-6-9-17;21-18-19(23-24-20(18)17-9-10-25(12-17)13-22)16-8-4-7-15(11-16)14-5-2-1-3-6-14;20-17-18(22-23-19(17)16-9-10-21-12-16)15-8-4-7-14(11-15)13-5-2-1-3-6-13/h4-11,14-15,20H,12-13,16H2,1-3H3,(H,25,26);1-8,11,17H,9-10,12H2,(H,23,24);1-8,11,16,21H,9-10,12H2,(H,22,23). The Hall–Kier alpha value is -8.67. The van der Waals surface area contributed by atoms with E-state index in [0.717, 1.165) is 82.7 Å². The summed E-state index contributed by atoms with van der Waals surface area (Å²) in [7, 11) is 0. The third kappa shape index (κ3) is 12.4. The summed E-state index contributed by atoms with van der Waals surface area (Å²) in [5.41, 5.74) is 12.7. The minimum absolute atomic E-state index is 0.0156. The van der Waals surface area contributed by atoms with Crippen LogP contribution < -0.4 is 5.32 Å². The first kappa shape index (κ1) is 51.8. The van der Waals surface area contributed by atoms with E-state index in [2.05, 4.69) is 96.7 Å². The fourth-order valence-corrected chi connectivity index (χ4v) is 10.2. The molecular weight excluding hydrogens is 967 g/mol. The number of likely N-dealkylation sites (tertiary alicyclic amines) is 2. The highest BCUT2D eigenvalue weighted by atomic mass is 19.1. The van der Waals surface area contributed by atoms with Gasteiger partial charge >= 0.3 is 6.09 Å². The molecule has 0 spiro atoms. The van der Waals surface area contributed by atoms with Gasteiger partial charge in [0.15, 0.2) is 17.8 Å². The van der Waals surface area contributed by atoms with Crippen molar-refractivity contribution in [1.82, 2.24) is 45.7 Å². The average molecular weight is 1030 g/mol. The third-order valence-electron chi connectivity index (χ3n) is 14.3. The summed E-state index contributed by atoms with van der Waals surface area (Å²) < 4.78 is 35.2. The van der Waals surface area contributed by atoms with Crippen molar-refractivity contribution >= 4 is 6.09 Å². The lowest BCUT2D eigenvalue weighted by Gasteiger charge is -2.24. The zero-order chi connectivity index (χ0) is 53.3. The third-order valence-corrected chi connectivity index (χ3v) is 14.3. The van der Waals surface area contributed by atoms with Crippen LogP contribution in [-0.2, 0) is 4.74 Å². The van der Waals surface area contributed by atoms with Crippen LogP contribution in [0.4, 0.5) is 13.6 Å². The number of amides is 1. The maximum absolute atomic E-state index is 14.9. The SMILES string of the molecule is CC(C)(C)OC(=O)N1CCC(c2cc(-c3cccc(-c4ccccc4)c3)n[nH]2)C1.Fc1c(-c2cccc(-c3ccccc3)c2)n[nH]c1C1CCNC1.N#CN1CCC(c2[nH]nc(-c3cccc(-c4ccccc4)c3)c2F)C1. The zero-order valence-electron chi connectivity index (χ0n) is 43.5. The smallest absolute Gasteiger partial charge is 0.410 e. The Morgan fingerprint density at radius 1 is 0.558 bits per heavy atom. The zero-order valence-corrected chi connectivity index (χ0v) is 43.5. The number of halogens is 2. The summed E-state index contributed by atoms with van der Waals surface area (Å²) >= 11 is 0. The second kappa shape index (κ2) is 23.5. The predicted molar refractivity (Wildman–Crippen MR) is 298 cm³/mol. The van der Waals surface area contributed by atoms with Crippen LogP contribution in [0.1, 0.15) is 74.9 Å². The molecule has 390 valence electrons. The number of ether oxygens (including phenoxy) is 1. The Labute approximate surface area is 448 Å². The van der Waals surface area contributed by atoms with Crippen molar-refractivity contribution in [3.63, 3.8) is 0 Å². The van der Waals surface area contributed by atoms with Gasteiger partial charge < -0.3 is 19.9 Å². The first-order chi connectivity index (χ1) is 37.5. The van der Waals surface area contributed by atoms with Gasteiger partial charge in [-0.05, 0) is 104 Å². The van der Waals surface area contributed by atoms with Gasteiger partial charge in [0.25, 0.3) is 0 Å². The van der Waals surface area contributed by atoms with Gasteiger partial charge in [-0.25, -0.2) is 13.6 Å². The molecular formula is C63H62F2N10O2. The number of nitrogens with zero attached hydrogens (tertiary/aromatic N) is 6. The number of nitrogens with one attached hydrogen (secondary N) is 4. The molecule has 6 heterocycles. The van der Waals surface area contributed by atoms with Crippen LogP contribution in [0.15, 0.2) is 170 Å². The fraction of sp³-hybridized carbons (Fsp3) is 0.254. The summed E-state index contributed by atoms with van der Waals surface area (Å²) in [5, 5.41) is 34.2. The minimum Gasteiger partial charge on any atom is -0.444 e. The molecule has 1 amide bonds. The van der Waals surface area contributed by atoms with Crippen molar-refractivity contribution < 1.29 is 18.3 Å². The van der Waals surface area contributed by atoms with E-state index >= 15 is 0 Å². The molecule has 77 heavy (non-hydrogen) atoms. The van der Waals surface area contributed by atoms with Crippen LogP contribution in [0, 0.1) is 23.1 Å². The van der Waals surface area contributed by atoms with Crippen molar-refractivity contribution in [3.8, 4) is 73.3 Å². The normalized spacial score (nSPS) is 17.0. The molecule has 0 aliphatic carbocycles. The molecule has 12 rings (SSSR count). The van der Waals surface area contributed by atoms with Gasteiger partial charge in [-0.3, -0.25) is 15.3 Å². The molecule has 14 heteroatoms. The van der Waals surface area contributed by atoms with E-state index in [4.69, 9.17) is 10.00 Å². The van der Waals surface area contributed by atoms with E-state index in [9.17, 15) is 13.6 Å². The molecule has 0 radical (unpaired) electrons. The van der Waals surface area contributed by atoms with Gasteiger partial charge in [-0.1, -0.05) is 146 Å². The van der Waals surface area contributed by atoms with E-state index in [1.54, 1.807) is 9.80 Å². The number of H-pyrrole nitrogens is 3. The predicted octanol–water partition coefficient (Wildman–Crippen LogP) is 13.6. The number of rotatable bonds is 9. The number of hydrogen-bond acceptors (Lipinski definition) is 8. The largest absolute Gasteiger partial charge is 0.444 e. The summed E-state index contributed by atoms with van der Waals surface area (Å²) in [6.07, 6.45) is 4.50. The Morgan fingerprint density at radius 2 is 1.04 bits per heavy atom. The lowest BCUT2D eigenvalue weighted by molar-refractivity contribution is 0.0292. The van der Waals surface area contributed by atoms with Crippen molar-refractivity contribution in [1.29, 1.82) is 5.26 Å². The van der Waals surface area contributed by atoms with Gasteiger partial charge in [-0.15, -0.1) is 0 Å². The fourth-order valence-electron chi connectivity index (χ4n) is 10.2. The summed E-state index contributed by atoms with van der Waals surface area (Å²) in [4.78, 5) is 15.8. The molecule has 0 saturated carbocycles. The van der Waals surface area contributed by atoms with E-state index < -0.39 is 5.60 Å². The number of carbonyl (C=O) groups is 1. The molecule has 12 nitrogen and oxygen atoms in total. The quantitative estimate of drug-likeness (QED) is 0.104. The molecule has 6 aromatic carbocycles. The number of benzene rings is 6.